The van der Waals surface area contributed by atoms with Gasteiger partial charge in [-0.15, -0.1) is 11.3 Å². The first-order valence-corrected chi connectivity index (χ1v) is 11.8. The first kappa shape index (κ1) is 20.0. The van der Waals surface area contributed by atoms with Crippen molar-refractivity contribution in [1.82, 2.24) is 10.3 Å². The monoisotopic (exact) mass is 430 g/mol. The van der Waals surface area contributed by atoms with E-state index in [4.69, 9.17) is 20.2 Å². The van der Waals surface area contributed by atoms with E-state index in [0.717, 1.165) is 60.6 Å². The summed E-state index contributed by atoms with van der Waals surface area (Å²) >= 11 is 1.40. The van der Waals surface area contributed by atoms with Crippen LogP contribution in [0.1, 0.15) is 60.3 Å². The van der Waals surface area contributed by atoms with Gasteiger partial charge in [0, 0.05) is 43.6 Å². The second kappa shape index (κ2) is 7.66. The highest BCUT2D eigenvalue weighted by Gasteiger charge is 2.34. The molecule has 162 valence electrons. The number of nitrogens with two attached hydrogens (primary N) is 1. The Morgan fingerprint density at radius 1 is 1.30 bits per heavy atom. The van der Waals surface area contributed by atoms with Crippen LogP contribution in [0.5, 0.6) is 0 Å². The van der Waals surface area contributed by atoms with Gasteiger partial charge in [-0.1, -0.05) is 0 Å². The zero-order valence-corrected chi connectivity index (χ0v) is 18.6. The molecule has 8 heteroatoms. The van der Waals surface area contributed by atoms with Gasteiger partial charge in [0.1, 0.15) is 15.5 Å². The van der Waals surface area contributed by atoms with Crippen molar-refractivity contribution in [2.45, 2.75) is 64.3 Å². The van der Waals surface area contributed by atoms with Gasteiger partial charge < -0.3 is 25.4 Å². The highest BCUT2D eigenvalue weighted by Crippen LogP contribution is 2.43. The van der Waals surface area contributed by atoms with E-state index >= 15 is 0 Å². The summed E-state index contributed by atoms with van der Waals surface area (Å²) in [6.45, 7) is 8.09. The molecule has 0 aliphatic carbocycles. The van der Waals surface area contributed by atoms with Gasteiger partial charge in [0.05, 0.1) is 24.0 Å². The molecule has 2 fully saturated rings. The molecule has 30 heavy (non-hydrogen) atoms. The van der Waals surface area contributed by atoms with Crippen LogP contribution in [0.2, 0.25) is 0 Å². The summed E-state index contributed by atoms with van der Waals surface area (Å²) in [5.41, 5.74) is 9.19. The van der Waals surface area contributed by atoms with Crippen molar-refractivity contribution in [2.75, 3.05) is 36.9 Å². The Balaban J connectivity index is 1.54. The third-order valence-corrected chi connectivity index (χ3v) is 7.50. The van der Waals surface area contributed by atoms with Crippen LogP contribution < -0.4 is 16.0 Å². The predicted octanol–water partition coefficient (Wildman–Crippen LogP) is 3.24. The molecule has 3 N–H and O–H groups in total. The average Bonchev–Trinajstić information content (AvgIpc) is 3.46. The topological polar surface area (TPSA) is 89.7 Å². The van der Waals surface area contributed by atoms with Crippen LogP contribution >= 0.6 is 11.3 Å². The zero-order valence-electron chi connectivity index (χ0n) is 17.8. The number of fused-ring (bicyclic) bond motifs is 3. The van der Waals surface area contributed by atoms with Crippen LogP contribution in [0, 0.1) is 0 Å². The van der Waals surface area contributed by atoms with Gasteiger partial charge in [-0.2, -0.15) is 0 Å². The third-order valence-electron chi connectivity index (χ3n) is 6.41. The lowest BCUT2D eigenvalue weighted by Gasteiger charge is -2.34. The number of carbonyl (C=O) groups is 1. The third kappa shape index (κ3) is 3.55. The van der Waals surface area contributed by atoms with Crippen molar-refractivity contribution in [2.24, 2.45) is 0 Å². The normalized spacial score (nSPS) is 23.1. The summed E-state index contributed by atoms with van der Waals surface area (Å²) in [6, 6.07) is 0. The van der Waals surface area contributed by atoms with Crippen LogP contribution in [-0.4, -0.2) is 48.8 Å². The molecular weight excluding hydrogens is 400 g/mol. The fourth-order valence-corrected chi connectivity index (χ4v) is 5.83. The second-order valence-corrected chi connectivity index (χ2v) is 10.2. The van der Waals surface area contributed by atoms with Crippen molar-refractivity contribution < 1.29 is 14.3 Å². The number of hydrogen-bond acceptors (Lipinski definition) is 7. The summed E-state index contributed by atoms with van der Waals surface area (Å²) in [5, 5.41) is 3.95. The molecule has 0 bridgehead atoms. The highest BCUT2D eigenvalue weighted by molar-refractivity contribution is 7.21. The fraction of sp³-hybridized carbons (Fsp3) is 0.636. The molecule has 0 radical (unpaired) electrons. The molecule has 5 rings (SSSR count). The van der Waals surface area contributed by atoms with Gasteiger partial charge in [-0.3, -0.25) is 4.79 Å². The van der Waals surface area contributed by atoms with Crippen molar-refractivity contribution in [3.8, 4) is 0 Å². The Morgan fingerprint density at radius 3 is 2.83 bits per heavy atom. The van der Waals surface area contributed by atoms with E-state index in [2.05, 4.69) is 24.1 Å². The van der Waals surface area contributed by atoms with Crippen molar-refractivity contribution in [1.29, 1.82) is 0 Å². The quantitative estimate of drug-likeness (QED) is 0.774. The number of carbonyl (C=O) groups excluding carboxylic acids is 1. The van der Waals surface area contributed by atoms with Crippen LogP contribution in [-0.2, 0) is 22.5 Å². The number of aromatic nitrogens is 1. The number of thiophene rings is 1. The number of pyridine rings is 1. The van der Waals surface area contributed by atoms with Crippen LogP contribution in [0.15, 0.2) is 0 Å². The largest absolute Gasteiger partial charge is 0.397 e. The van der Waals surface area contributed by atoms with Crippen molar-refractivity contribution in [3.05, 3.63) is 16.0 Å². The van der Waals surface area contributed by atoms with Crippen LogP contribution in [0.3, 0.4) is 0 Å². The minimum absolute atomic E-state index is 0.107. The number of nitrogen functional groups attached to an aromatic ring is 1. The van der Waals surface area contributed by atoms with Gasteiger partial charge in [0.2, 0.25) is 0 Å². The molecule has 2 aromatic heterocycles. The molecule has 0 saturated carbocycles. The predicted molar refractivity (Wildman–Crippen MR) is 119 cm³/mol. The number of anilines is 2. The minimum Gasteiger partial charge on any atom is -0.397 e. The molecule has 1 atom stereocenters. The van der Waals surface area contributed by atoms with E-state index in [9.17, 15) is 4.79 Å². The lowest BCUT2D eigenvalue weighted by Crippen LogP contribution is -2.34. The lowest BCUT2D eigenvalue weighted by molar-refractivity contribution is -0.0395. The number of rotatable bonds is 4. The Bertz CT molecular complexity index is 975. The number of ether oxygens (including phenoxy) is 2. The van der Waals surface area contributed by atoms with Gasteiger partial charge >= 0.3 is 0 Å². The molecular formula is C22H30N4O3S. The maximum atomic E-state index is 12.9. The average molecular weight is 431 g/mol. The number of nitrogens with one attached hydrogen (secondary N) is 1. The first-order valence-electron chi connectivity index (χ1n) is 11.0. The Kier molecular flexibility index (Phi) is 5.11. The van der Waals surface area contributed by atoms with Gasteiger partial charge in [0.15, 0.2) is 0 Å². The van der Waals surface area contributed by atoms with Crippen LogP contribution in [0.4, 0.5) is 11.5 Å². The van der Waals surface area contributed by atoms with Gasteiger partial charge in [0.25, 0.3) is 5.91 Å². The molecule has 3 aliphatic heterocycles. The lowest BCUT2D eigenvalue weighted by atomic mass is 9.90. The number of amides is 1. The number of hydrogen-bond donors (Lipinski definition) is 2. The molecule has 2 aromatic rings. The van der Waals surface area contributed by atoms with Crippen molar-refractivity contribution in [3.63, 3.8) is 0 Å². The zero-order chi connectivity index (χ0) is 20.9. The molecule has 7 nitrogen and oxygen atoms in total. The molecule has 0 unspecified atom stereocenters. The molecule has 2 saturated heterocycles. The van der Waals surface area contributed by atoms with Crippen molar-refractivity contribution >= 4 is 39.0 Å². The Labute approximate surface area is 180 Å². The van der Waals surface area contributed by atoms with E-state index in [-0.39, 0.29) is 17.6 Å². The second-order valence-electron chi connectivity index (χ2n) is 9.18. The highest BCUT2D eigenvalue weighted by atomic mass is 32.1. The Morgan fingerprint density at radius 2 is 2.10 bits per heavy atom. The maximum absolute atomic E-state index is 12.9. The summed E-state index contributed by atoms with van der Waals surface area (Å²) in [5.74, 6) is 0.881. The van der Waals surface area contributed by atoms with Gasteiger partial charge in [-0.05, 0) is 45.1 Å². The molecule has 0 aromatic carbocycles. The molecule has 1 amide bonds. The Hall–Kier alpha value is -1.90. The first-order chi connectivity index (χ1) is 14.4. The molecule has 5 heterocycles. The SMILES string of the molecule is CC1(C)Cc2c(c(N3CCCC3)nc3sc(C(=O)NC[C@H]4CCCO4)c(N)c23)CO1. The molecule has 0 spiro atoms. The fourth-order valence-electron chi connectivity index (χ4n) is 4.79. The van der Waals surface area contributed by atoms with E-state index < -0.39 is 0 Å². The van der Waals surface area contributed by atoms with Crippen LogP contribution in [0.25, 0.3) is 10.2 Å². The standard InChI is InChI=1S/C22H30N4O3S/c1-22(2)10-14-15(12-29-22)19(26-7-3-4-8-26)25-21-16(14)17(23)18(30-21)20(27)24-11-13-6-5-9-28-13/h13H,3-12,23H2,1-2H3,(H,24,27)/t13-/m1/s1. The summed E-state index contributed by atoms with van der Waals surface area (Å²) in [6.07, 6.45) is 5.29. The van der Waals surface area contributed by atoms with E-state index in [1.807, 2.05) is 0 Å². The summed E-state index contributed by atoms with van der Waals surface area (Å²) in [7, 11) is 0. The smallest absolute Gasteiger partial charge is 0.263 e. The van der Waals surface area contributed by atoms with E-state index in [1.165, 1.54) is 29.7 Å². The van der Waals surface area contributed by atoms with Gasteiger partial charge in [-0.25, -0.2) is 4.98 Å². The number of nitrogens with zero attached hydrogens (tertiary/aromatic N) is 2. The summed E-state index contributed by atoms with van der Waals surface area (Å²) in [4.78, 5) is 21.7. The summed E-state index contributed by atoms with van der Waals surface area (Å²) < 4.78 is 11.8. The van der Waals surface area contributed by atoms with E-state index in [1.54, 1.807) is 0 Å². The maximum Gasteiger partial charge on any atom is 0.263 e. The minimum atomic E-state index is -0.264. The molecule has 3 aliphatic rings. The van der Waals surface area contributed by atoms with E-state index in [0.29, 0.717) is 23.7 Å².